The highest BCUT2D eigenvalue weighted by Crippen LogP contribution is 3.02. The van der Waals surface area contributed by atoms with Gasteiger partial charge in [-0.1, -0.05) is 31.6 Å². The van der Waals surface area contributed by atoms with Crippen LogP contribution in [-0.2, 0) is 10.3 Å². The lowest BCUT2D eigenvalue weighted by Crippen LogP contribution is -2.61. The van der Waals surface area contributed by atoms with Crippen molar-refractivity contribution in [2.24, 2.45) is 0 Å². The number of amides is 1. The minimum atomic E-state index is -9.83. The maximum absolute atomic E-state index is 12.9. The number of hydrogen-bond donors (Lipinski definition) is 1. The third-order valence-corrected chi connectivity index (χ3v) is 4.52. The molecule has 2 rings (SSSR count). The summed E-state index contributed by atoms with van der Waals surface area (Å²) in [6, 6.07) is 2.41. The molecule has 24 heavy (non-hydrogen) atoms. The van der Waals surface area contributed by atoms with Gasteiger partial charge in [-0.3, -0.25) is 0 Å². The van der Waals surface area contributed by atoms with Crippen LogP contribution in [0.4, 0.5) is 24.2 Å². The third-order valence-electron chi connectivity index (χ3n) is 3.37. The van der Waals surface area contributed by atoms with E-state index in [1.165, 1.54) is 0 Å². The van der Waals surface area contributed by atoms with Crippen molar-refractivity contribution in [3.05, 3.63) is 29.8 Å². The first-order chi connectivity index (χ1) is 10.4. The zero-order chi connectivity index (χ0) is 18.7. The van der Waals surface area contributed by atoms with E-state index in [-0.39, 0.29) is 30.8 Å². The standard InChI is InChI=1S/C14H18F5NO3S/c1-13(2,3)23-12(21)20-8-14(22,9-20)10-5-4-6-11(7-10)24(15,16,17,18)19/h4-7,22H,8-9H2,1-3H3. The van der Waals surface area contributed by atoms with E-state index in [4.69, 9.17) is 4.74 Å². The van der Waals surface area contributed by atoms with Gasteiger partial charge in [-0.25, -0.2) is 4.79 Å². The summed E-state index contributed by atoms with van der Waals surface area (Å²) >= 11 is 0. The molecule has 0 saturated carbocycles. The van der Waals surface area contributed by atoms with Gasteiger partial charge in [-0.05, 0) is 38.5 Å². The molecule has 0 unspecified atom stereocenters. The number of aliphatic hydroxyl groups is 1. The Balaban J connectivity index is 2.19. The smallest absolute Gasteiger partial charge is 0.410 e. The summed E-state index contributed by atoms with van der Waals surface area (Å²) in [6.07, 6.45) is -0.740. The van der Waals surface area contributed by atoms with Crippen LogP contribution in [0.5, 0.6) is 0 Å². The molecular weight excluding hydrogens is 357 g/mol. The lowest BCUT2D eigenvalue weighted by molar-refractivity contribution is -0.103. The minimum Gasteiger partial charge on any atom is -0.444 e. The molecule has 0 aliphatic carbocycles. The summed E-state index contributed by atoms with van der Waals surface area (Å²) in [7, 11) is -9.83. The van der Waals surface area contributed by atoms with E-state index >= 15 is 0 Å². The molecule has 1 aromatic rings. The number of benzene rings is 1. The van der Waals surface area contributed by atoms with Gasteiger partial charge in [-0.15, -0.1) is 0 Å². The molecule has 1 aliphatic heterocycles. The van der Waals surface area contributed by atoms with Gasteiger partial charge < -0.3 is 14.7 Å². The zero-order valence-electron chi connectivity index (χ0n) is 13.2. The van der Waals surface area contributed by atoms with Crippen LogP contribution in [0.25, 0.3) is 0 Å². The topological polar surface area (TPSA) is 49.8 Å². The average molecular weight is 375 g/mol. The fourth-order valence-corrected chi connectivity index (χ4v) is 2.93. The number of rotatable bonds is 2. The van der Waals surface area contributed by atoms with Crippen molar-refractivity contribution in [2.45, 2.75) is 36.9 Å². The Morgan fingerprint density at radius 1 is 1.21 bits per heavy atom. The lowest BCUT2D eigenvalue weighted by atomic mass is 9.86. The van der Waals surface area contributed by atoms with E-state index in [0.717, 1.165) is 17.0 Å². The largest absolute Gasteiger partial charge is 0.444 e. The van der Waals surface area contributed by atoms with Crippen LogP contribution in [0.2, 0.25) is 0 Å². The van der Waals surface area contributed by atoms with Crippen LogP contribution in [-0.4, -0.2) is 34.8 Å². The second-order valence-corrected chi connectivity index (χ2v) is 9.27. The molecule has 1 heterocycles. The van der Waals surface area contributed by atoms with Gasteiger partial charge in [0, 0.05) is 0 Å². The summed E-state index contributed by atoms with van der Waals surface area (Å²) in [5, 5.41) is 10.3. The van der Waals surface area contributed by atoms with Crippen molar-refractivity contribution in [1.29, 1.82) is 0 Å². The number of carbonyl (C=O) groups excluding carboxylic acids is 1. The number of nitrogens with zero attached hydrogens (tertiary/aromatic N) is 1. The summed E-state index contributed by atoms with van der Waals surface area (Å²) in [5.74, 6) is 0. The van der Waals surface area contributed by atoms with Gasteiger partial charge in [-0.2, -0.15) is 0 Å². The molecule has 138 valence electrons. The SMILES string of the molecule is CC(C)(C)OC(=O)N1CC(O)(c2cccc(S(F)(F)(F)(F)F)c2)C1. The highest BCUT2D eigenvalue weighted by Gasteiger charge is 2.65. The number of β-amino-alcohol motifs (C(OH)–C–C–N with tert-alkyl or cyclic N) is 1. The molecule has 10 heteroatoms. The Labute approximate surface area is 135 Å². The first-order valence-corrected chi connectivity index (χ1v) is 8.90. The second kappa shape index (κ2) is 4.54. The maximum Gasteiger partial charge on any atom is 0.410 e. The summed E-state index contributed by atoms with van der Waals surface area (Å²) in [6.45, 7) is 4.22. The lowest BCUT2D eigenvalue weighted by Gasteiger charge is -2.47. The van der Waals surface area contributed by atoms with Gasteiger partial charge in [0.05, 0.1) is 13.1 Å². The van der Waals surface area contributed by atoms with Crippen LogP contribution in [0.15, 0.2) is 29.2 Å². The molecular formula is C14H18F5NO3S. The van der Waals surface area contributed by atoms with E-state index < -0.39 is 32.4 Å². The van der Waals surface area contributed by atoms with Crippen molar-refractivity contribution >= 4 is 16.3 Å². The van der Waals surface area contributed by atoms with E-state index in [0.29, 0.717) is 0 Å². The van der Waals surface area contributed by atoms with Crippen LogP contribution in [0.3, 0.4) is 0 Å². The number of halogens is 5. The van der Waals surface area contributed by atoms with Gasteiger partial charge in [0.2, 0.25) is 0 Å². The van der Waals surface area contributed by atoms with Gasteiger partial charge >= 0.3 is 16.3 Å². The number of carbonyl (C=O) groups is 1. The average Bonchev–Trinajstić information content (AvgIpc) is 2.30. The number of ether oxygens (including phenoxy) is 1. The molecule has 0 atom stereocenters. The molecule has 1 fully saturated rings. The quantitative estimate of drug-likeness (QED) is 0.757. The highest BCUT2D eigenvalue weighted by atomic mass is 32.5. The summed E-state index contributed by atoms with van der Waals surface area (Å²) in [4.78, 5) is 10.8. The normalized spacial score (nSPS) is 20.6. The Bertz CT molecular complexity index is 678. The van der Waals surface area contributed by atoms with E-state index in [2.05, 4.69) is 0 Å². The minimum absolute atomic E-state index is 0.230. The fourth-order valence-electron chi connectivity index (χ4n) is 2.25. The second-order valence-electron chi connectivity index (χ2n) is 6.86. The molecule has 0 aromatic heterocycles. The first-order valence-electron chi connectivity index (χ1n) is 6.95. The predicted octanol–water partition coefficient (Wildman–Crippen LogP) is 4.78. The molecule has 1 aromatic carbocycles. The molecule has 1 aliphatic rings. The molecule has 1 amide bonds. The molecule has 0 radical (unpaired) electrons. The summed E-state index contributed by atoms with van der Waals surface area (Å²) in [5.41, 5.74) is -2.92. The van der Waals surface area contributed by atoms with Crippen molar-refractivity contribution in [3.63, 3.8) is 0 Å². The summed E-state index contributed by atoms with van der Waals surface area (Å²) < 4.78 is 69.4. The predicted molar refractivity (Wildman–Crippen MR) is 79.5 cm³/mol. The number of hydrogen-bond acceptors (Lipinski definition) is 3. The van der Waals surface area contributed by atoms with Crippen LogP contribution in [0, 0.1) is 0 Å². The van der Waals surface area contributed by atoms with Gasteiger partial charge in [0.25, 0.3) is 0 Å². The fraction of sp³-hybridized carbons (Fsp3) is 0.500. The molecule has 4 nitrogen and oxygen atoms in total. The Hall–Kier alpha value is -1.55. The molecule has 1 saturated heterocycles. The molecule has 1 N–H and O–H groups in total. The van der Waals surface area contributed by atoms with Crippen LogP contribution in [0.1, 0.15) is 26.3 Å². The number of likely N-dealkylation sites (tertiary alicyclic amines) is 1. The highest BCUT2D eigenvalue weighted by molar-refractivity contribution is 8.45. The molecule has 0 bridgehead atoms. The van der Waals surface area contributed by atoms with Crippen LogP contribution < -0.4 is 0 Å². The van der Waals surface area contributed by atoms with Crippen molar-refractivity contribution in [1.82, 2.24) is 4.90 Å². The monoisotopic (exact) mass is 375 g/mol. The Morgan fingerprint density at radius 2 is 1.75 bits per heavy atom. The van der Waals surface area contributed by atoms with Crippen molar-refractivity contribution in [2.75, 3.05) is 13.1 Å². The first kappa shape index (κ1) is 18.8. The van der Waals surface area contributed by atoms with Gasteiger partial charge in [0.1, 0.15) is 16.1 Å². The van der Waals surface area contributed by atoms with E-state index in [1.54, 1.807) is 20.8 Å². The zero-order valence-corrected chi connectivity index (χ0v) is 14.0. The Morgan fingerprint density at radius 3 is 2.21 bits per heavy atom. The third kappa shape index (κ3) is 4.10. The van der Waals surface area contributed by atoms with Crippen molar-refractivity contribution in [3.8, 4) is 0 Å². The van der Waals surface area contributed by atoms with Crippen LogP contribution >= 0.6 is 10.2 Å². The van der Waals surface area contributed by atoms with Crippen molar-refractivity contribution < 1.29 is 34.1 Å². The van der Waals surface area contributed by atoms with E-state index in [9.17, 15) is 29.3 Å². The Kier molecular flexibility index (Phi) is 3.55. The van der Waals surface area contributed by atoms with E-state index in [1.807, 2.05) is 0 Å². The molecule has 0 spiro atoms. The van der Waals surface area contributed by atoms with Gasteiger partial charge in [0.15, 0.2) is 0 Å². The maximum atomic E-state index is 12.9.